The second-order valence-electron chi connectivity index (χ2n) is 6.16. The van der Waals surface area contributed by atoms with Crippen LogP contribution >= 0.6 is 0 Å². The SMILES string of the molecule is CCCNC(CC)C(C)S(=O)(=O)C1CCCC(C)C1. The molecule has 0 aliphatic heterocycles. The van der Waals surface area contributed by atoms with Gasteiger partial charge in [0.15, 0.2) is 9.84 Å². The molecule has 4 atom stereocenters. The molecule has 1 aliphatic rings. The van der Waals surface area contributed by atoms with Gasteiger partial charge in [-0.25, -0.2) is 8.42 Å². The maximum Gasteiger partial charge on any atom is 0.157 e. The third-order valence-corrected chi connectivity index (χ3v) is 7.26. The van der Waals surface area contributed by atoms with Crippen LogP contribution in [0.15, 0.2) is 0 Å². The van der Waals surface area contributed by atoms with Crippen molar-refractivity contribution in [3.63, 3.8) is 0 Å². The number of sulfone groups is 1. The summed E-state index contributed by atoms with van der Waals surface area (Å²) >= 11 is 0. The molecule has 0 aromatic rings. The van der Waals surface area contributed by atoms with Gasteiger partial charge in [-0.2, -0.15) is 0 Å². The molecule has 0 radical (unpaired) electrons. The average molecular weight is 289 g/mol. The number of nitrogens with one attached hydrogen (secondary N) is 1. The third-order valence-electron chi connectivity index (χ3n) is 4.53. The molecule has 0 aromatic heterocycles. The molecule has 4 unspecified atom stereocenters. The standard InChI is InChI=1S/C15H31NO2S/c1-5-10-16-15(6-2)13(4)19(17,18)14-9-7-8-12(3)11-14/h12-16H,5-11H2,1-4H3. The van der Waals surface area contributed by atoms with Gasteiger partial charge in [0, 0.05) is 6.04 Å². The van der Waals surface area contributed by atoms with Crippen LogP contribution in [0.5, 0.6) is 0 Å². The zero-order valence-electron chi connectivity index (χ0n) is 13.0. The summed E-state index contributed by atoms with van der Waals surface area (Å²) in [6, 6.07) is 0.0992. The van der Waals surface area contributed by atoms with E-state index >= 15 is 0 Å². The van der Waals surface area contributed by atoms with Gasteiger partial charge < -0.3 is 5.32 Å². The molecule has 0 spiro atoms. The Labute approximate surface area is 119 Å². The summed E-state index contributed by atoms with van der Waals surface area (Å²) in [5.41, 5.74) is 0. The minimum absolute atomic E-state index is 0.0992. The molecule has 0 saturated heterocycles. The van der Waals surface area contributed by atoms with E-state index in [0.717, 1.165) is 38.6 Å². The fourth-order valence-corrected chi connectivity index (χ4v) is 5.63. The Balaban J connectivity index is 2.73. The minimum Gasteiger partial charge on any atom is -0.313 e. The second-order valence-corrected chi connectivity index (χ2v) is 8.75. The highest BCUT2D eigenvalue weighted by molar-refractivity contribution is 7.92. The van der Waals surface area contributed by atoms with E-state index in [9.17, 15) is 8.42 Å². The fraction of sp³-hybridized carbons (Fsp3) is 1.00. The van der Waals surface area contributed by atoms with Gasteiger partial charge >= 0.3 is 0 Å². The smallest absolute Gasteiger partial charge is 0.157 e. The highest BCUT2D eigenvalue weighted by atomic mass is 32.2. The summed E-state index contributed by atoms with van der Waals surface area (Å²) in [6.45, 7) is 9.16. The van der Waals surface area contributed by atoms with Gasteiger partial charge in [-0.1, -0.05) is 33.6 Å². The molecule has 0 aromatic carbocycles. The molecule has 114 valence electrons. The lowest BCUT2D eigenvalue weighted by Crippen LogP contribution is -2.46. The van der Waals surface area contributed by atoms with E-state index in [1.165, 1.54) is 6.42 Å². The summed E-state index contributed by atoms with van der Waals surface area (Å²) in [7, 11) is -3.00. The summed E-state index contributed by atoms with van der Waals surface area (Å²) in [4.78, 5) is 0. The van der Waals surface area contributed by atoms with E-state index in [1.54, 1.807) is 0 Å². The predicted octanol–water partition coefficient (Wildman–Crippen LogP) is 3.15. The first-order chi connectivity index (χ1) is 8.93. The first kappa shape index (κ1) is 17.0. The number of rotatable bonds is 7. The zero-order valence-corrected chi connectivity index (χ0v) is 13.8. The van der Waals surface area contributed by atoms with Crippen molar-refractivity contribution in [2.24, 2.45) is 5.92 Å². The largest absolute Gasteiger partial charge is 0.313 e. The van der Waals surface area contributed by atoms with Crippen molar-refractivity contribution >= 4 is 9.84 Å². The first-order valence-electron chi connectivity index (χ1n) is 7.89. The minimum atomic E-state index is -3.00. The van der Waals surface area contributed by atoms with Crippen molar-refractivity contribution in [1.29, 1.82) is 0 Å². The van der Waals surface area contributed by atoms with Crippen LogP contribution < -0.4 is 5.32 Å². The molecule has 19 heavy (non-hydrogen) atoms. The Hall–Kier alpha value is -0.0900. The lowest BCUT2D eigenvalue weighted by Gasteiger charge is -2.32. The van der Waals surface area contributed by atoms with E-state index in [4.69, 9.17) is 0 Å². The van der Waals surface area contributed by atoms with Crippen molar-refractivity contribution in [3.8, 4) is 0 Å². The Morgan fingerprint density at radius 1 is 1.26 bits per heavy atom. The van der Waals surface area contributed by atoms with E-state index in [-0.39, 0.29) is 16.5 Å². The maximum absolute atomic E-state index is 12.8. The summed E-state index contributed by atoms with van der Waals surface area (Å²) in [5, 5.41) is 3.02. The van der Waals surface area contributed by atoms with Crippen molar-refractivity contribution < 1.29 is 8.42 Å². The fourth-order valence-electron chi connectivity index (χ4n) is 3.18. The molecule has 0 amide bonds. The Morgan fingerprint density at radius 2 is 1.95 bits per heavy atom. The molecule has 1 fully saturated rings. The van der Waals surface area contributed by atoms with Crippen LogP contribution in [0.2, 0.25) is 0 Å². The summed E-state index contributed by atoms with van der Waals surface area (Å²) in [5.74, 6) is 0.560. The van der Waals surface area contributed by atoms with E-state index < -0.39 is 9.84 Å². The molecule has 4 heteroatoms. The third kappa shape index (κ3) is 4.45. The van der Waals surface area contributed by atoms with Crippen LogP contribution in [-0.4, -0.2) is 31.5 Å². The zero-order chi connectivity index (χ0) is 14.5. The molecular formula is C15H31NO2S. The van der Waals surface area contributed by atoms with Crippen LogP contribution in [-0.2, 0) is 9.84 Å². The van der Waals surface area contributed by atoms with Gasteiger partial charge in [-0.15, -0.1) is 0 Å². The Morgan fingerprint density at radius 3 is 2.47 bits per heavy atom. The van der Waals surface area contributed by atoms with E-state index in [0.29, 0.717) is 5.92 Å². The molecule has 3 nitrogen and oxygen atoms in total. The van der Waals surface area contributed by atoms with Crippen molar-refractivity contribution in [3.05, 3.63) is 0 Å². The quantitative estimate of drug-likeness (QED) is 0.783. The Bertz CT molecular complexity index is 353. The van der Waals surface area contributed by atoms with Gasteiger partial charge in [-0.3, -0.25) is 0 Å². The van der Waals surface area contributed by atoms with Crippen LogP contribution in [0.4, 0.5) is 0 Å². The number of hydrogen-bond donors (Lipinski definition) is 1. The van der Waals surface area contributed by atoms with Gasteiger partial charge in [0.05, 0.1) is 10.5 Å². The van der Waals surface area contributed by atoms with Crippen molar-refractivity contribution in [2.45, 2.75) is 82.8 Å². The van der Waals surface area contributed by atoms with Crippen LogP contribution in [0.3, 0.4) is 0 Å². The highest BCUT2D eigenvalue weighted by Gasteiger charge is 2.37. The molecular weight excluding hydrogens is 258 g/mol. The normalized spacial score (nSPS) is 28.0. The van der Waals surface area contributed by atoms with Crippen LogP contribution in [0.25, 0.3) is 0 Å². The second kappa shape index (κ2) is 7.63. The molecule has 0 heterocycles. The lowest BCUT2D eigenvalue weighted by molar-refractivity contribution is 0.376. The van der Waals surface area contributed by atoms with Gasteiger partial charge in [-0.05, 0) is 45.1 Å². The van der Waals surface area contributed by atoms with Crippen LogP contribution in [0.1, 0.15) is 66.2 Å². The molecule has 1 saturated carbocycles. The Kier molecular flexibility index (Phi) is 6.81. The predicted molar refractivity (Wildman–Crippen MR) is 82.2 cm³/mol. The molecule has 1 rings (SSSR count). The highest BCUT2D eigenvalue weighted by Crippen LogP contribution is 2.31. The van der Waals surface area contributed by atoms with E-state index in [2.05, 4.69) is 26.1 Å². The summed E-state index contributed by atoms with van der Waals surface area (Å²) < 4.78 is 25.5. The van der Waals surface area contributed by atoms with Gasteiger partial charge in [0.1, 0.15) is 0 Å². The maximum atomic E-state index is 12.8. The lowest BCUT2D eigenvalue weighted by atomic mass is 9.90. The molecule has 1 aliphatic carbocycles. The van der Waals surface area contributed by atoms with Crippen molar-refractivity contribution in [2.75, 3.05) is 6.54 Å². The number of hydrogen-bond acceptors (Lipinski definition) is 3. The first-order valence-corrected chi connectivity index (χ1v) is 9.50. The van der Waals surface area contributed by atoms with E-state index in [1.807, 2.05) is 6.92 Å². The average Bonchev–Trinajstić information content (AvgIpc) is 2.39. The van der Waals surface area contributed by atoms with Gasteiger partial charge in [0.2, 0.25) is 0 Å². The monoisotopic (exact) mass is 289 g/mol. The molecule has 0 bridgehead atoms. The topological polar surface area (TPSA) is 46.2 Å². The van der Waals surface area contributed by atoms with Crippen molar-refractivity contribution in [1.82, 2.24) is 5.32 Å². The van der Waals surface area contributed by atoms with Gasteiger partial charge in [0.25, 0.3) is 0 Å². The summed E-state index contributed by atoms with van der Waals surface area (Å²) in [6.07, 6.45) is 5.90. The molecule has 1 N–H and O–H groups in total. The van der Waals surface area contributed by atoms with Crippen LogP contribution in [0, 0.1) is 5.92 Å².